The molecule has 0 fully saturated rings. The first-order valence-electron chi connectivity index (χ1n) is 5.64. The Morgan fingerprint density at radius 1 is 1.39 bits per heavy atom. The second-order valence-corrected chi connectivity index (χ2v) is 3.58. The van der Waals surface area contributed by atoms with Gasteiger partial charge in [0.1, 0.15) is 0 Å². The highest BCUT2D eigenvalue weighted by Gasteiger charge is 2.02. The molecule has 2 N–H and O–H groups in total. The summed E-state index contributed by atoms with van der Waals surface area (Å²) in [6, 6.07) is 5.22. The molecule has 18 heavy (non-hydrogen) atoms. The second kappa shape index (κ2) is 9.30. The van der Waals surface area contributed by atoms with Crippen molar-refractivity contribution in [1.82, 2.24) is 0 Å². The molecule has 0 unspecified atom stereocenters. The molecule has 0 spiro atoms. The Morgan fingerprint density at radius 2 is 2.00 bits per heavy atom. The van der Waals surface area contributed by atoms with Crippen LogP contribution >= 0.6 is 0 Å². The van der Waals surface area contributed by atoms with E-state index in [0.29, 0.717) is 12.4 Å². The van der Waals surface area contributed by atoms with Crippen molar-refractivity contribution in [1.29, 1.82) is 0 Å². The van der Waals surface area contributed by atoms with E-state index in [1.807, 2.05) is 6.07 Å². The van der Waals surface area contributed by atoms with Gasteiger partial charge in [-0.15, -0.1) is 0 Å². The van der Waals surface area contributed by atoms with Gasteiger partial charge in [0, 0.05) is 13.5 Å². The highest BCUT2D eigenvalue weighted by atomic mass is 16.5. The molecule has 0 saturated carbocycles. The molecule has 1 rings (SSSR count). The first-order valence-corrected chi connectivity index (χ1v) is 5.64. The third-order valence-corrected chi connectivity index (χ3v) is 1.86. The lowest BCUT2D eigenvalue weighted by Gasteiger charge is -2.06. The van der Waals surface area contributed by atoms with Gasteiger partial charge in [-0.05, 0) is 24.1 Å². The molecule has 102 valence electrons. The van der Waals surface area contributed by atoms with Crippen LogP contribution in [0, 0.1) is 0 Å². The number of aromatic hydroxyl groups is 1. The Kier molecular flexibility index (Phi) is 8.39. The largest absolute Gasteiger partial charge is 0.504 e. The van der Waals surface area contributed by atoms with Crippen LogP contribution in [0.3, 0.4) is 0 Å². The van der Waals surface area contributed by atoms with Gasteiger partial charge in [0.25, 0.3) is 5.97 Å². The number of hydrogen-bond donors (Lipinski definition) is 2. The number of carboxylic acids is 1. The predicted molar refractivity (Wildman–Crippen MR) is 67.9 cm³/mol. The van der Waals surface area contributed by atoms with Gasteiger partial charge in [-0.1, -0.05) is 13.0 Å². The summed E-state index contributed by atoms with van der Waals surface area (Å²) < 4.78 is 10.4. The number of carboxylic acid groups (broad SMARTS) is 1. The van der Waals surface area contributed by atoms with Crippen LogP contribution in [-0.4, -0.2) is 29.9 Å². The number of methoxy groups -OCH3 is 1. The molecule has 0 saturated heterocycles. The van der Waals surface area contributed by atoms with Crippen molar-refractivity contribution < 1.29 is 24.5 Å². The molecule has 0 radical (unpaired) electrons. The summed E-state index contributed by atoms with van der Waals surface area (Å²) in [6.45, 7) is 4.46. The van der Waals surface area contributed by atoms with Crippen LogP contribution in [0.15, 0.2) is 18.2 Å². The maximum absolute atomic E-state index is 9.34. The van der Waals surface area contributed by atoms with Gasteiger partial charge < -0.3 is 19.7 Å². The molecule has 1 aromatic carbocycles. The number of ether oxygens (including phenoxy) is 2. The minimum Gasteiger partial charge on any atom is -0.504 e. The molecule has 0 amide bonds. The van der Waals surface area contributed by atoms with Crippen molar-refractivity contribution in [2.75, 3.05) is 13.7 Å². The molecule has 0 heterocycles. The van der Waals surface area contributed by atoms with Gasteiger partial charge in [0.2, 0.25) is 0 Å². The lowest BCUT2D eigenvalue weighted by Crippen LogP contribution is -1.94. The summed E-state index contributed by atoms with van der Waals surface area (Å²) in [5.41, 5.74) is 1.01. The number of hydrogen-bond acceptors (Lipinski definition) is 4. The van der Waals surface area contributed by atoms with Crippen LogP contribution < -0.4 is 4.74 Å². The highest BCUT2D eigenvalue weighted by Crippen LogP contribution is 2.26. The molecule has 0 aliphatic carbocycles. The standard InChI is InChI=1S/C11H16O3.C2H4O2/c1-3-6-14-8-9-4-5-10(12)11(7-9)13-2;1-2(3)4/h4-5,7,12H,3,6,8H2,1-2H3;1H3,(H,3,4). The van der Waals surface area contributed by atoms with E-state index in [0.717, 1.165) is 25.5 Å². The van der Waals surface area contributed by atoms with Gasteiger partial charge in [-0.25, -0.2) is 0 Å². The molecular formula is C13H20O5. The Morgan fingerprint density at radius 3 is 2.50 bits per heavy atom. The lowest BCUT2D eigenvalue weighted by atomic mass is 10.2. The summed E-state index contributed by atoms with van der Waals surface area (Å²) in [7, 11) is 1.53. The van der Waals surface area contributed by atoms with Crippen molar-refractivity contribution in [3.8, 4) is 11.5 Å². The highest BCUT2D eigenvalue weighted by molar-refractivity contribution is 5.62. The van der Waals surface area contributed by atoms with Crippen LogP contribution in [0.25, 0.3) is 0 Å². The predicted octanol–water partition coefficient (Wildman–Crippen LogP) is 2.42. The van der Waals surface area contributed by atoms with Gasteiger partial charge in [-0.2, -0.15) is 0 Å². The van der Waals surface area contributed by atoms with Gasteiger partial charge in [0.15, 0.2) is 11.5 Å². The zero-order valence-electron chi connectivity index (χ0n) is 11.0. The topological polar surface area (TPSA) is 76.0 Å². The normalized spacial score (nSPS) is 9.28. The van der Waals surface area contributed by atoms with Gasteiger partial charge in [0.05, 0.1) is 13.7 Å². The molecule has 1 aromatic rings. The summed E-state index contributed by atoms with van der Waals surface area (Å²) in [4.78, 5) is 9.00. The van der Waals surface area contributed by atoms with Crippen molar-refractivity contribution in [2.45, 2.75) is 26.9 Å². The summed E-state index contributed by atoms with van der Waals surface area (Å²) in [5.74, 6) is -0.186. The molecule has 5 nitrogen and oxygen atoms in total. The minimum atomic E-state index is -0.833. The summed E-state index contributed by atoms with van der Waals surface area (Å²) >= 11 is 0. The Hall–Kier alpha value is -1.75. The van der Waals surface area contributed by atoms with Crippen LogP contribution in [0.2, 0.25) is 0 Å². The minimum absolute atomic E-state index is 0.159. The first kappa shape index (κ1) is 16.2. The van der Waals surface area contributed by atoms with E-state index >= 15 is 0 Å². The molecule has 0 aliphatic heterocycles. The van der Waals surface area contributed by atoms with Crippen molar-refractivity contribution >= 4 is 5.97 Å². The molecule has 5 heteroatoms. The molecule has 0 aromatic heterocycles. The third-order valence-electron chi connectivity index (χ3n) is 1.86. The van der Waals surface area contributed by atoms with E-state index in [1.54, 1.807) is 12.1 Å². The van der Waals surface area contributed by atoms with Crippen molar-refractivity contribution in [3.05, 3.63) is 23.8 Å². The molecular weight excluding hydrogens is 236 g/mol. The van der Waals surface area contributed by atoms with E-state index in [4.69, 9.17) is 19.4 Å². The molecule has 0 aliphatic rings. The smallest absolute Gasteiger partial charge is 0.300 e. The maximum atomic E-state index is 9.34. The SMILES string of the molecule is CC(=O)O.CCCOCc1ccc(O)c(OC)c1. The average molecular weight is 256 g/mol. The lowest BCUT2D eigenvalue weighted by molar-refractivity contribution is -0.134. The Balaban J connectivity index is 0.000000631. The van der Waals surface area contributed by atoms with Crippen LogP contribution in [0.1, 0.15) is 25.8 Å². The third kappa shape index (κ3) is 7.51. The Labute approximate surface area is 107 Å². The van der Waals surface area contributed by atoms with Crippen LogP contribution in [-0.2, 0) is 16.1 Å². The van der Waals surface area contributed by atoms with Crippen LogP contribution in [0.4, 0.5) is 0 Å². The number of phenolic OH excluding ortho intramolecular Hbond substituents is 1. The van der Waals surface area contributed by atoms with Crippen molar-refractivity contribution in [3.63, 3.8) is 0 Å². The van der Waals surface area contributed by atoms with Crippen molar-refractivity contribution in [2.24, 2.45) is 0 Å². The number of benzene rings is 1. The second-order valence-electron chi connectivity index (χ2n) is 3.58. The van der Waals surface area contributed by atoms with Crippen LogP contribution in [0.5, 0.6) is 11.5 Å². The van der Waals surface area contributed by atoms with Gasteiger partial charge >= 0.3 is 0 Å². The van der Waals surface area contributed by atoms with E-state index in [-0.39, 0.29) is 5.75 Å². The summed E-state index contributed by atoms with van der Waals surface area (Å²) in [5, 5.41) is 16.8. The van der Waals surface area contributed by atoms with E-state index in [2.05, 4.69) is 6.92 Å². The Bertz CT molecular complexity index is 358. The fourth-order valence-electron chi connectivity index (χ4n) is 1.15. The first-order chi connectivity index (χ1) is 8.51. The zero-order valence-corrected chi connectivity index (χ0v) is 11.0. The van der Waals surface area contributed by atoms with Gasteiger partial charge in [-0.3, -0.25) is 4.79 Å². The molecule has 0 bridgehead atoms. The summed E-state index contributed by atoms with van der Waals surface area (Å²) in [6.07, 6.45) is 1.01. The fraction of sp³-hybridized carbons (Fsp3) is 0.462. The van der Waals surface area contributed by atoms with E-state index < -0.39 is 5.97 Å². The number of aliphatic carboxylic acids is 1. The maximum Gasteiger partial charge on any atom is 0.300 e. The van der Waals surface area contributed by atoms with E-state index in [1.165, 1.54) is 7.11 Å². The monoisotopic (exact) mass is 256 g/mol. The zero-order chi connectivity index (χ0) is 14.0. The fourth-order valence-corrected chi connectivity index (χ4v) is 1.15. The quantitative estimate of drug-likeness (QED) is 0.791. The average Bonchev–Trinajstić information content (AvgIpc) is 2.31. The number of rotatable bonds is 5. The number of carbonyl (C=O) groups is 1. The number of phenols is 1. The molecule has 0 atom stereocenters. The van der Waals surface area contributed by atoms with E-state index in [9.17, 15) is 5.11 Å².